The molecule has 0 amide bonds. The Kier molecular flexibility index (Phi) is 11.3. The third-order valence-electron chi connectivity index (χ3n) is 4.71. The Bertz CT molecular complexity index is 995. The first-order chi connectivity index (χ1) is 15.7. The van der Waals surface area contributed by atoms with Crippen LogP contribution in [0, 0.1) is 0 Å². The highest BCUT2D eigenvalue weighted by molar-refractivity contribution is 14.0. The zero-order valence-corrected chi connectivity index (χ0v) is 21.5. The van der Waals surface area contributed by atoms with Gasteiger partial charge in [-0.2, -0.15) is 0 Å². The van der Waals surface area contributed by atoms with Crippen molar-refractivity contribution in [3.63, 3.8) is 0 Å². The highest BCUT2D eigenvalue weighted by atomic mass is 127. The molecule has 0 aliphatic rings. The number of hydrogen-bond donors (Lipinski definition) is 2. The van der Waals surface area contributed by atoms with Gasteiger partial charge in [-0.1, -0.05) is 30.3 Å². The predicted octanol–water partition coefficient (Wildman–Crippen LogP) is 4.81. The van der Waals surface area contributed by atoms with Crippen LogP contribution < -0.4 is 24.8 Å². The maximum absolute atomic E-state index is 5.87. The van der Waals surface area contributed by atoms with Crippen LogP contribution in [0.4, 0.5) is 0 Å². The third kappa shape index (κ3) is 8.45. The Labute approximate surface area is 212 Å². The Balaban J connectivity index is 0.00000385. The van der Waals surface area contributed by atoms with Crippen LogP contribution >= 0.6 is 24.0 Å². The molecule has 1 aromatic heterocycles. The predicted molar refractivity (Wildman–Crippen MR) is 142 cm³/mol. The van der Waals surface area contributed by atoms with Gasteiger partial charge in [0, 0.05) is 32.4 Å². The molecule has 0 unspecified atom stereocenters. The van der Waals surface area contributed by atoms with Gasteiger partial charge in [0.15, 0.2) is 17.5 Å². The van der Waals surface area contributed by atoms with Gasteiger partial charge in [0.2, 0.25) is 5.88 Å². The lowest BCUT2D eigenvalue weighted by Crippen LogP contribution is -2.37. The van der Waals surface area contributed by atoms with Crippen LogP contribution in [-0.4, -0.2) is 38.3 Å². The van der Waals surface area contributed by atoms with Crippen LogP contribution in [-0.2, 0) is 13.0 Å². The van der Waals surface area contributed by atoms with Crippen LogP contribution in [0.3, 0.4) is 0 Å². The van der Waals surface area contributed by atoms with E-state index in [1.807, 2.05) is 55.5 Å². The van der Waals surface area contributed by atoms with Gasteiger partial charge in [0.25, 0.3) is 0 Å². The summed E-state index contributed by atoms with van der Waals surface area (Å²) in [5.74, 6) is 3.47. The average Bonchev–Trinajstić information content (AvgIpc) is 2.84. The molecule has 2 aromatic carbocycles. The number of aromatic nitrogens is 1. The zero-order chi connectivity index (χ0) is 22.6. The van der Waals surface area contributed by atoms with E-state index in [1.54, 1.807) is 20.4 Å². The topological polar surface area (TPSA) is 77.0 Å². The van der Waals surface area contributed by atoms with Crippen LogP contribution in [0.15, 0.2) is 71.9 Å². The maximum Gasteiger partial charge on any atom is 0.219 e. The van der Waals surface area contributed by atoms with E-state index in [2.05, 4.69) is 32.7 Å². The van der Waals surface area contributed by atoms with Crippen molar-refractivity contribution < 1.29 is 14.2 Å². The second kappa shape index (κ2) is 14.2. The Morgan fingerprint density at radius 1 is 0.939 bits per heavy atom. The van der Waals surface area contributed by atoms with Crippen molar-refractivity contribution in [1.82, 2.24) is 15.6 Å². The molecular weight excluding hydrogens is 531 g/mol. The summed E-state index contributed by atoms with van der Waals surface area (Å²) in [4.78, 5) is 8.68. The highest BCUT2D eigenvalue weighted by Gasteiger charge is 2.06. The molecular formula is C25H31IN4O3. The molecule has 0 saturated carbocycles. The summed E-state index contributed by atoms with van der Waals surface area (Å²) in [5, 5.41) is 6.63. The van der Waals surface area contributed by atoms with Gasteiger partial charge >= 0.3 is 0 Å². The lowest BCUT2D eigenvalue weighted by atomic mass is 10.1. The summed E-state index contributed by atoms with van der Waals surface area (Å²) in [6.45, 7) is 3.90. The molecule has 0 aliphatic heterocycles. The molecule has 33 heavy (non-hydrogen) atoms. The minimum atomic E-state index is 0. The number of halogens is 1. The first-order valence-electron chi connectivity index (χ1n) is 10.6. The first kappa shape index (κ1) is 26.2. The Morgan fingerprint density at radius 2 is 1.67 bits per heavy atom. The minimum absolute atomic E-state index is 0. The SMILES string of the molecule is CCOc1ccccc1Oc1ccc(CNC(=NC)NCCc2ccc(OC)cc2)cn1.I. The lowest BCUT2D eigenvalue weighted by Gasteiger charge is -2.13. The van der Waals surface area contributed by atoms with Gasteiger partial charge in [-0.3, -0.25) is 4.99 Å². The molecule has 0 bridgehead atoms. The van der Waals surface area contributed by atoms with Gasteiger partial charge in [-0.15, -0.1) is 24.0 Å². The molecule has 0 saturated heterocycles. The summed E-state index contributed by atoms with van der Waals surface area (Å²) in [6, 6.07) is 19.5. The fraction of sp³-hybridized carbons (Fsp3) is 0.280. The molecule has 1 heterocycles. The molecule has 0 radical (unpaired) electrons. The summed E-state index contributed by atoms with van der Waals surface area (Å²) < 4.78 is 16.7. The van der Waals surface area contributed by atoms with Crippen molar-refractivity contribution in [2.24, 2.45) is 4.99 Å². The van der Waals surface area contributed by atoms with E-state index in [9.17, 15) is 0 Å². The van der Waals surface area contributed by atoms with Crippen LogP contribution in [0.5, 0.6) is 23.1 Å². The van der Waals surface area contributed by atoms with E-state index >= 15 is 0 Å². The van der Waals surface area contributed by atoms with Gasteiger partial charge in [0.1, 0.15) is 5.75 Å². The number of ether oxygens (including phenoxy) is 3. The minimum Gasteiger partial charge on any atom is -0.497 e. The average molecular weight is 562 g/mol. The molecule has 0 atom stereocenters. The summed E-state index contributed by atoms with van der Waals surface area (Å²) in [7, 11) is 3.43. The van der Waals surface area contributed by atoms with Crippen LogP contribution in [0.1, 0.15) is 18.1 Å². The van der Waals surface area contributed by atoms with Crippen molar-refractivity contribution in [3.8, 4) is 23.1 Å². The molecule has 3 aromatic rings. The molecule has 2 N–H and O–H groups in total. The number of nitrogens with zero attached hydrogens (tertiary/aromatic N) is 2. The number of rotatable bonds is 10. The number of aliphatic imine (C=N–C) groups is 1. The van der Waals surface area contributed by atoms with Crippen molar-refractivity contribution in [2.75, 3.05) is 27.3 Å². The molecule has 3 rings (SSSR count). The van der Waals surface area contributed by atoms with E-state index in [-0.39, 0.29) is 24.0 Å². The van der Waals surface area contributed by atoms with Crippen LogP contribution in [0.25, 0.3) is 0 Å². The van der Waals surface area contributed by atoms with E-state index in [0.29, 0.717) is 30.5 Å². The largest absolute Gasteiger partial charge is 0.497 e. The van der Waals surface area contributed by atoms with Crippen molar-refractivity contribution in [1.29, 1.82) is 0 Å². The van der Waals surface area contributed by atoms with Gasteiger partial charge in [-0.25, -0.2) is 4.98 Å². The first-order valence-corrected chi connectivity index (χ1v) is 10.6. The van der Waals surface area contributed by atoms with E-state index in [0.717, 1.165) is 30.2 Å². The maximum atomic E-state index is 5.87. The smallest absolute Gasteiger partial charge is 0.219 e. The monoisotopic (exact) mass is 562 g/mol. The van der Waals surface area contributed by atoms with Crippen molar-refractivity contribution in [2.45, 2.75) is 19.9 Å². The highest BCUT2D eigenvalue weighted by Crippen LogP contribution is 2.30. The summed E-state index contributed by atoms with van der Waals surface area (Å²) in [5.41, 5.74) is 2.26. The second-order valence-electron chi connectivity index (χ2n) is 6.94. The normalized spacial score (nSPS) is 10.7. The fourth-order valence-electron chi connectivity index (χ4n) is 3.02. The molecule has 176 valence electrons. The summed E-state index contributed by atoms with van der Waals surface area (Å²) in [6.07, 6.45) is 2.68. The number of hydrogen-bond acceptors (Lipinski definition) is 5. The van der Waals surface area contributed by atoms with Gasteiger partial charge in [0.05, 0.1) is 13.7 Å². The van der Waals surface area contributed by atoms with E-state index in [4.69, 9.17) is 14.2 Å². The van der Waals surface area contributed by atoms with E-state index < -0.39 is 0 Å². The van der Waals surface area contributed by atoms with Crippen LogP contribution in [0.2, 0.25) is 0 Å². The zero-order valence-electron chi connectivity index (χ0n) is 19.2. The number of para-hydroxylation sites is 2. The Hall–Kier alpha value is -3.01. The van der Waals surface area contributed by atoms with E-state index in [1.165, 1.54) is 5.56 Å². The van der Waals surface area contributed by atoms with Crippen molar-refractivity contribution in [3.05, 3.63) is 78.0 Å². The number of nitrogens with one attached hydrogen (secondary N) is 2. The quantitative estimate of drug-likeness (QED) is 0.210. The molecule has 8 heteroatoms. The third-order valence-corrected chi connectivity index (χ3v) is 4.71. The number of guanidine groups is 1. The number of benzene rings is 2. The molecule has 0 fully saturated rings. The van der Waals surface area contributed by atoms with Gasteiger partial charge < -0.3 is 24.8 Å². The Morgan fingerprint density at radius 3 is 2.30 bits per heavy atom. The molecule has 0 spiro atoms. The second-order valence-corrected chi connectivity index (χ2v) is 6.94. The summed E-state index contributed by atoms with van der Waals surface area (Å²) >= 11 is 0. The molecule has 0 aliphatic carbocycles. The fourth-order valence-corrected chi connectivity index (χ4v) is 3.02. The van der Waals surface area contributed by atoms with Crippen molar-refractivity contribution >= 4 is 29.9 Å². The number of methoxy groups -OCH3 is 1. The lowest BCUT2D eigenvalue weighted by molar-refractivity contribution is 0.319. The molecule has 7 nitrogen and oxygen atoms in total. The standard InChI is InChI=1S/C25H30N4O3.HI/c1-4-31-22-7-5-6-8-23(22)32-24-14-11-20(17-28-24)18-29-25(26-2)27-16-15-19-9-12-21(30-3)13-10-19;/h5-14,17H,4,15-16,18H2,1-3H3,(H2,26,27,29);1H. The van der Waals surface area contributed by atoms with Gasteiger partial charge in [-0.05, 0) is 48.7 Å². The number of pyridine rings is 1.